The molecular formula is C12H10AsCl. The second-order valence-electron chi connectivity index (χ2n) is 2.73. The second-order valence-corrected chi connectivity index (χ2v) is 2.73. The molecule has 0 fully saturated rings. The van der Waals surface area contributed by atoms with Crippen LogP contribution in [0.15, 0.2) is 60.7 Å². The van der Waals surface area contributed by atoms with E-state index in [2.05, 4.69) is 58.5 Å². The third kappa shape index (κ3) is 3.21. The van der Waals surface area contributed by atoms with E-state index < -0.39 is 0 Å². The summed E-state index contributed by atoms with van der Waals surface area (Å²) in [5.74, 6) is 0. The Kier molecular flexibility index (Phi) is 5.44. The van der Waals surface area contributed by atoms with Crippen LogP contribution in [0.25, 0.3) is 11.1 Å². The predicted molar refractivity (Wildman–Crippen MR) is 63.5 cm³/mol. The van der Waals surface area contributed by atoms with Crippen molar-refractivity contribution >= 4 is 25.9 Å². The van der Waals surface area contributed by atoms with Gasteiger partial charge in [0.15, 0.2) is 0 Å². The normalized spacial score (nSPS) is 8.71. The fourth-order valence-electron chi connectivity index (χ4n) is 1.26. The molecule has 0 saturated heterocycles. The fraction of sp³-hybridized carbons (Fsp3) is 0. The molecule has 0 saturated carbocycles. The average Bonchev–Trinajstić information content (AvgIpc) is 2.34. The largest absolute Gasteiger partial charge is 0.0622 e. The summed E-state index contributed by atoms with van der Waals surface area (Å²) in [4.78, 5) is 0. The van der Waals surface area contributed by atoms with Crippen molar-refractivity contribution in [2.75, 3.05) is 0 Å². The van der Waals surface area contributed by atoms with Crippen LogP contribution in [0.2, 0.25) is 0 Å². The number of rotatable bonds is 1. The van der Waals surface area contributed by atoms with Gasteiger partial charge in [0, 0.05) is 0 Å². The molecule has 0 nitrogen and oxygen atoms in total. The molecular weight excluding hydrogens is 255 g/mol. The summed E-state index contributed by atoms with van der Waals surface area (Å²) in [5, 5.41) is 0. The second kappa shape index (κ2) is 6.70. The zero-order valence-corrected chi connectivity index (χ0v) is 10.2. The summed E-state index contributed by atoms with van der Waals surface area (Å²) in [6.45, 7) is 0. The van der Waals surface area contributed by atoms with Gasteiger partial charge in [0.25, 0.3) is 0 Å². The van der Waals surface area contributed by atoms with Crippen LogP contribution in [-0.2, 0) is 0 Å². The van der Waals surface area contributed by atoms with Crippen LogP contribution >= 0.6 is 9.95 Å². The molecule has 0 aliphatic carbocycles. The topological polar surface area (TPSA) is 0 Å². The maximum atomic E-state index is 4.58. The summed E-state index contributed by atoms with van der Waals surface area (Å²) in [6.07, 6.45) is 0. The van der Waals surface area contributed by atoms with Crippen LogP contribution in [0.1, 0.15) is 0 Å². The minimum atomic E-state index is 1.28. The van der Waals surface area contributed by atoms with E-state index in [-0.39, 0.29) is 0 Å². The van der Waals surface area contributed by atoms with E-state index in [1.807, 2.05) is 12.1 Å². The monoisotopic (exact) mass is 264 g/mol. The van der Waals surface area contributed by atoms with Crippen molar-refractivity contribution in [1.29, 1.82) is 0 Å². The third-order valence-electron chi connectivity index (χ3n) is 1.88. The molecule has 0 N–H and O–H groups in total. The Morgan fingerprint density at radius 2 is 0.857 bits per heavy atom. The zero-order chi connectivity index (χ0) is 10.2. The van der Waals surface area contributed by atoms with Gasteiger partial charge in [-0.3, -0.25) is 0 Å². The van der Waals surface area contributed by atoms with Gasteiger partial charge in [0.1, 0.15) is 0 Å². The summed E-state index contributed by atoms with van der Waals surface area (Å²) in [6, 6.07) is 20.8. The first-order valence-electron chi connectivity index (χ1n) is 4.24. The van der Waals surface area contributed by atoms with Gasteiger partial charge in [-0.1, -0.05) is 60.7 Å². The van der Waals surface area contributed by atoms with Gasteiger partial charge >= 0.3 is 25.9 Å². The molecule has 0 atom stereocenters. The molecule has 0 amide bonds. The van der Waals surface area contributed by atoms with Crippen molar-refractivity contribution in [3.8, 4) is 11.1 Å². The number of hydrogen-bond donors (Lipinski definition) is 0. The molecule has 0 unspecified atom stereocenters. The van der Waals surface area contributed by atoms with Crippen LogP contribution in [0.5, 0.6) is 0 Å². The third-order valence-corrected chi connectivity index (χ3v) is 1.88. The minimum absolute atomic E-state index is 1.28. The molecule has 0 bridgehead atoms. The summed E-state index contributed by atoms with van der Waals surface area (Å²) in [7, 11) is 4.58. The van der Waals surface area contributed by atoms with Crippen LogP contribution < -0.4 is 0 Å². The molecule has 0 heterocycles. The van der Waals surface area contributed by atoms with Crippen molar-refractivity contribution in [1.82, 2.24) is 0 Å². The number of benzene rings is 2. The maximum Gasteiger partial charge on any atom is -0.0184 e. The first kappa shape index (κ1) is 11.4. The fourth-order valence-corrected chi connectivity index (χ4v) is 1.26. The Balaban J connectivity index is 0.000000461. The Bertz CT molecular complexity index is 308. The van der Waals surface area contributed by atoms with Crippen molar-refractivity contribution in [2.24, 2.45) is 0 Å². The van der Waals surface area contributed by atoms with Crippen LogP contribution in [0, 0.1) is 0 Å². The smallest absolute Gasteiger partial charge is 0.0184 e. The molecule has 0 aliphatic heterocycles. The average molecular weight is 265 g/mol. The molecule has 2 heteroatoms. The van der Waals surface area contributed by atoms with Crippen LogP contribution in [0.3, 0.4) is 0 Å². The van der Waals surface area contributed by atoms with Crippen LogP contribution in [-0.4, -0.2) is 15.9 Å². The quantitative estimate of drug-likeness (QED) is 0.690. The van der Waals surface area contributed by atoms with Crippen molar-refractivity contribution in [2.45, 2.75) is 0 Å². The molecule has 0 aromatic heterocycles. The zero-order valence-electron chi connectivity index (χ0n) is 7.60. The minimum Gasteiger partial charge on any atom is -0.0622 e. The van der Waals surface area contributed by atoms with Gasteiger partial charge in [-0.15, -0.1) is 0 Å². The van der Waals surface area contributed by atoms with Gasteiger partial charge in [0.2, 0.25) is 0 Å². The molecule has 2 rings (SSSR count). The van der Waals surface area contributed by atoms with Gasteiger partial charge in [-0.05, 0) is 11.1 Å². The van der Waals surface area contributed by atoms with E-state index in [9.17, 15) is 0 Å². The van der Waals surface area contributed by atoms with Gasteiger partial charge in [-0.2, -0.15) is 0 Å². The molecule has 2 aromatic rings. The summed E-state index contributed by atoms with van der Waals surface area (Å²) >= 11 is 1.78. The Morgan fingerprint density at radius 3 is 1.14 bits per heavy atom. The van der Waals surface area contributed by atoms with E-state index in [4.69, 9.17) is 0 Å². The number of halogens is 1. The maximum absolute atomic E-state index is 4.58. The van der Waals surface area contributed by atoms with Gasteiger partial charge < -0.3 is 0 Å². The summed E-state index contributed by atoms with van der Waals surface area (Å²) < 4.78 is 0. The SMILES string of the molecule is Cl[As].c1ccc(-c2ccccc2)cc1. The van der Waals surface area contributed by atoms with Gasteiger partial charge in [0.05, 0.1) is 0 Å². The van der Waals surface area contributed by atoms with Gasteiger partial charge in [-0.25, -0.2) is 0 Å². The Hall–Kier alpha value is -0.712. The predicted octanol–water partition coefficient (Wildman–Crippen LogP) is 3.66. The van der Waals surface area contributed by atoms with E-state index >= 15 is 0 Å². The summed E-state index contributed by atoms with van der Waals surface area (Å²) in [5.41, 5.74) is 2.55. The van der Waals surface area contributed by atoms with E-state index in [1.54, 1.807) is 15.9 Å². The Labute approximate surface area is 97.6 Å². The molecule has 2 aromatic carbocycles. The standard InChI is InChI=1S/C12H10.AsCl/c1-3-7-11(8-4-1)12-9-5-2-6-10-12;1-2/h1-10H;. The molecule has 2 radical (unpaired) electrons. The number of hydrogen-bond acceptors (Lipinski definition) is 0. The van der Waals surface area contributed by atoms with E-state index in [0.717, 1.165) is 0 Å². The first-order valence-corrected chi connectivity index (χ1v) is 6.71. The Morgan fingerprint density at radius 1 is 0.571 bits per heavy atom. The van der Waals surface area contributed by atoms with E-state index in [1.165, 1.54) is 11.1 Å². The van der Waals surface area contributed by atoms with E-state index in [0.29, 0.717) is 0 Å². The van der Waals surface area contributed by atoms with Crippen molar-refractivity contribution < 1.29 is 0 Å². The molecule has 70 valence electrons. The molecule has 0 spiro atoms. The molecule has 0 aliphatic rings. The van der Waals surface area contributed by atoms with Crippen LogP contribution in [0.4, 0.5) is 0 Å². The first-order chi connectivity index (χ1) is 6.97. The van der Waals surface area contributed by atoms with Crippen molar-refractivity contribution in [3.63, 3.8) is 0 Å². The van der Waals surface area contributed by atoms with Crippen molar-refractivity contribution in [3.05, 3.63) is 60.7 Å². The molecule has 14 heavy (non-hydrogen) atoms.